The predicted molar refractivity (Wildman–Crippen MR) is 78.1 cm³/mol. The fraction of sp³-hybridized carbons (Fsp3) is 0.0714. The minimum atomic E-state index is -4.04. The van der Waals surface area contributed by atoms with Crippen molar-refractivity contribution in [2.45, 2.75) is 11.8 Å². The average Bonchev–Trinajstić information content (AvgIpc) is 3.01. The van der Waals surface area contributed by atoms with Gasteiger partial charge in [-0.25, -0.2) is 9.07 Å². The van der Waals surface area contributed by atoms with Gasteiger partial charge < -0.3 is 4.18 Å². The molecule has 0 saturated carbocycles. The monoisotopic (exact) mass is 334 g/mol. The molecule has 3 aromatic rings. The topological polar surface area (TPSA) is 87.0 Å². The second-order valence-electron chi connectivity index (χ2n) is 4.70. The van der Waals surface area contributed by atoms with Crippen molar-refractivity contribution >= 4 is 10.1 Å². The molecular formula is C14H11FN4O3S. The number of aromatic nitrogens is 4. The van der Waals surface area contributed by atoms with E-state index in [0.29, 0.717) is 5.69 Å². The molecule has 0 aliphatic rings. The minimum Gasteiger partial charge on any atom is -0.379 e. The molecule has 118 valence electrons. The number of benzene rings is 2. The Hall–Kier alpha value is -2.81. The van der Waals surface area contributed by atoms with Gasteiger partial charge in [-0.15, -0.1) is 5.10 Å². The molecule has 0 unspecified atom stereocenters. The molecule has 0 spiro atoms. The lowest BCUT2D eigenvalue weighted by Crippen LogP contribution is -2.11. The molecule has 0 aliphatic carbocycles. The van der Waals surface area contributed by atoms with Gasteiger partial charge in [-0.2, -0.15) is 8.42 Å². The number of tetrazole rings is 1. The Morgan fingerprint density at radius 3 is 2.48 bits per heavy atom. The molecule has 0 atom stereocenters. The zero-order valence-corrected chi connectivity index (χ0v) is 12.7. The summed E-state index contributed by atoms with van der Waals surface area (Å²) in [6, 6.07) is 9.56. The first-order valence-electron chi connectivity index (χ1n) is 6.50. The van der Waals surface area contributed by atoms with Crippen LogP contribution in [0.15, 0.2) is 53.7 Å². The van der Waals surface area contributed by atoms with Crippen LogP contribution < -0.4 is 4.18 Å². The maximum Gasteiger partial charge on any atom is 0.339 e. The molecule has 9 heteroatoms. The Kier molecular flexibility index (Phi) is 3.78. The van der Waals surface area contributed by atoms with Crippen molar-refractivity contribution in [3.8, 4) is 11.4 Å². The van der Waals surface area contributed by atoms with Crippen LogP contribution in [0.2, 0.25) is 0 Å². The lowest BCUT2D eigenvalue weighted by molar-refractivity contribution is 0.485. The zero-order valence-electron chi connectivity index (χ0n) is 11.9. The molecule has 0 aliphatic heterocycles. The van der Waals surface area contributed by atoms with Gasteiger partial charge in [0.2, 0.25) is 0 Å². The van der Waals surface area contributed by atoms with Crippen LogP contribution in [0.1, 0.15) is 5.56 Å². The number of hydrogen-bond acceptors (Lipinski definition) is 6. The van der Waals surface area contributed by atoms with E-state index in [1.54, 1.807) is 12.1 Å². The summed E-state index contributed by atoms with van der Waals surface area (Å²) in [7, 11) is -4.04. The van der Waals surface area contributed by atoms with Crippen molar-refractivity contribution in [2.24, 2.45) is 0 Å². The number of nitrogens with zero attached hydrogens (tertiary/aromatic N) is 4. The Balaban J connectivity index is 1.86. The van der Waals surface area contributed by atoms with Crippen LogP contribution in [-0.2, 0) is 10.1 Å². The summed E-state index contributed by atoms with van der Waals surface area (Å²) >= 11 is 0. The highest BCUT2D eigenvalue weighted by molar-refractivity contribution is 7.87. The molecule has 3 rings (SSSR count). The smallest absolute Gasteiger partial charge is 0.339 e. The van der Waals surface area contributed by atoms with Crippen LogP contribution in [0, 0.1) is 12.7 Å². The number of hydrogen-bond donors (Lipinski definition) is 0. The van der Waals surface area contributed by atoms with Gasteiger partial charge in [0.25, 0.3) is 0 Å². The molecule has 0 fully saturated rings. The molecule has 7 nitrogen and oxygen atoms in total. The van der Waals surface area contributed by atoms with E-state index >= 15 is 0 Å². The molecule has 0 bridgehead atoms. The molecule has 23 heavy (non-hydrogen) atoms. The summed E-state index contributed by atoms with van der Waals surface area (Å²) in [5, 5.41) is 10.7. The zero-order chi connectivity index (χ0) is 16.4. The third-order valence-corrected chi connectivity index (χ3v) is 4.47. The predicted octanol–water partition coefficient (Wildman–Crippen LogP) is 1.88. The maximum absolute atomic E-state index is 13.1. The number of rotatable bonds is 4. The fourth-order valence-corrected chi connectivity index (χ4v) is 3.14. The number of aryl methyl sites for hydroxylation is 1. The Labute approximate surface area is 131 Å². The quantitative estimate of drug-likeness (QED) is 0.677. The summed E-state index contributed by atoms with van der Waals surface area (Å²) in [6.07, 6.45) is 1.41. The van der Waals surface area contributed by atoms with E-state index in [2.05, 4.69) is 15.5 Å². The largest absolute Gasteiger partial charge is 0.379 e. The van der Waals surface area contributed by atoms with Crippen LogP contribution >= 0.6 is 0 Å². The Bertz CT molecular complexity index is 925. The molecule has 1 heterocycles. The first kappa shape index (κ1) is 15.1. The van der Waals surface area contributed by atoms with E-state index in [4.69, 9.17) is 4.18 Å². The van der Waals surface area contributed by atoms with Crippen molar-refractivity contribution in [1.29, 1.82) is 0 Å². The van der Waals surface area contributed by atoms with E-state index in [1.165, 1.54) is 36.1 Å². The summed E-state index contributed by atoms with van der Waals surface area (Å²) in [4.78, 5) is -0.0801. The third-order valence-electron chi connectivity index (χ3n) is 3.06. The highest BCUT2D eigenvalue weighted by Crippen LogP contribution is 2.22. The molecule has 0 saturated heterocycles. The first-order chi connectivity index (χ1) is 11.0. The van der Waals surface area contributed by atoms with Crippen molar-refractivity contribution in [3.05, 3.63) is 60.2 Å². The summed E-state index contributed by atoms with van der Waals surface area (Å²) < 4.78 is 44.1. The SMILES string of the molecule is Cc1cc(F)ccc1S(=O)(=O)Oc1ccc(-n2cnnn2)cc1. The van der Waals surface area contributed by atoms with Crippen molar-refractivity contribution in [2.75, 3.05) is 0 Å². The lowest BCUT2D eigenvalue weighted by atomic mass is 10.2. The van der Waals surface area contributed by atoms with Crippen molar-refractivity contribution < 1.29 is 17.0 Å². The van der Waals surface area contributed by atoms with Crippen LogP contribution in [-0.4, -0.2) is 28.6 Å². The van der Waals surface area contributed by atoms with E-state index in [1.807, 2.05) is 0 Å². The van der Waals surface area contributed by atoms with Gasteiger partial charge in [0, 0.05) is 0 Å². The highest BCUT2D eigenvalue weighted by Gasteiger charge is 2.19. The van der Waals surface area contributed by atoms with Crippen LogP contribution in [0.5, 0.6) is 5.75 Å². The molecule has 0 amide bonds. The van der Waals surface area contributed by atoms with E-state index < -0.39 is 15.9 Å². The van der Waals surface area contributed by atoms with Crippen LogP contribution in [0.3, 0.4) is 0 Å². The minimum absolute atomic E-state index is 0.0801. The number of halogens is 1. The van der Waals surface area contributed by atoms with Crippen molar-refractivity contribution in [1.82, 2.24) is 20.2 Å². The second-order valence-corrected chi connectivity index (χ2v) is 6.21. The summed E-state index contributed by atoms with van der Waals surface area (Å²) in [5.74, 6) is -0.377. The fourth-order valence-electron chi connectivity index (χ4n) is 2.00. The van der Waals surface area contributed by atoms with E-state index in [9.17, 15) is 12.8 Å². The van der Waals surface area contributed by atoms with Gasteiger partial charge in [0.15, 0.2) is 0 Å². The van der Waals surface area contributed by atoms with Gasteiger partial charge >= 0.3 is 10.1 Å². The van der Waals surface area contributed by atoms with E-state index in [0.717, 1.165) is 12.1 Å². The van der Waals surface area contributed by atoms with Gasteiger partial charge in [-0.05, 0) is 65.4 Å². The van der Waals surface area contributed by atoms with Crippen LogP contribution in [0.25, 0.3) is 5.69 Å². The third kappa shape index (κ3) is 3.19. The van der Waals surface area contributed by atoms with Gasteiger partial charge in [0.1, 0.15) is 22.8 Å². The highest BCUT2D eigenvalue weighted by atomic mass is 32.2. The lowest BCUT2D eigenvalue weighted by Gasteiger charge is -2.09. The second kappa shape index (κ2) is 5.76. The summed E-state index contributed by atoms with van der Waals surface area (Å²) in [5.41, 5.74) is 0.924. The van der Waals surface area contributed by atoms with Gasteiger partial charge in [-0.3, -0.25) is 0 Å². The first-order valence-corrected chi connectivity index (χ1v) is 7.90. The van der Waals surface area contributed by atoms with E-state index in [-0.39, 0.29) is 16.2 Å². The maximum atomic E-state index is 13.1. The Morgan fingerprint density at radius 1 is 1.13 bits per heavy atom. The molecule has 0 N–H and O–H groups in total. The van der Waals surface area contributed by atoms with Gasteiger partial charge in [0.05, 0.1) is 5.69 Å². The van der Waals surface area contributed by atoms with Crippen molar-refractivity contribution in [3.63, 3.8) is 0 Å². The van der Waals surface area contributed by atoms with Crippen LogP contribution in [0.4, 0.5) is 4.39 Å². The standard InChI is InChI=1S/C14H11FN4O3S/c1-10-8-11(15)2-7-14(10)23(20,21)22-13-5-3-12(4-6-13)19-9-16-17-18-19/h2-9H,1H3. The molecule has 0 radical (unpaired) electrons. The molecular weight excluding hydrogens is 323 g/mol. The normalized spacial score (nSPS) is 11.4. The van der Waals surface area contributed by atoms with Gasteiger partial charge in [-0.1, -0.05) is 0 Å². The molecule has 1 aromatic heterocycles. The summed E-state index contributed by atoms with van der Waals surface area (Å²) in [6.45, 7) is 1.50. The molecule has 2 aromatic carbocycles. The Morgan fingerprint density at radius 2 is 1.87 bits per heavy atom. The average molecular weight is 334 g/mol.